The second kappa shape index (κ2) is 10.6. The molecule has 0 unspecified atom stereocenters. The van der Waals surface area contributed by atoms with Crippen LogP contribution in [0.5, 0.6) is 0 Å². The summed E-state index contributed by atoms with van der Waals surface area (Å²) in [6.45, 7) is 3.63. The van der Waals surface area contributed by atoms with E-state index in [1.165, 1.54) is 57.9 Å². The van der Waals surface area contributed by atoms with Crippen LogP contribution >= 0.6 is 11.3 Å². The lowest BCUT2D eigenvalue weighted by Crippen LogP contribution is -2.14. The number of carbonyl (C=O) groups is 1. The molecule has 10 heteroatoms. The average Bonchev–Trinajstić information content (AvgIpc) is 3.59. The van der Waals surface area contributed by atoms with Crippen molar-refractivity contribution in [2.45, 2.75) is 18.7 Å². The number of hydrogen-bond acceptors (Lipinski definition) is 6. The third-order valence-corrected chi connectivity index (χ3v) is 9.81. The van der Waals surface area contributed by atoms with Gasteiger partial charge in [0.05, 0.1) is 16.1 Å². The Labute approximate surface area is 250 Å². The molecule has 212 valence electrons. The molecular formula is C33H22FN3O4S2. The molecule has 7 nitrogen and oxygen atoms in total. The second-order valence-electron chi connectivity index (χ2n) is 10.0. The van der Waals surface area contributed by atoms with Gasteiger partial charge in [0.2, 0.25) is 0 Å². The van der Waals surface area contributed by atoms with Crippen LogP contribution in [0.25, 0.3) is 44.4 Å². The molecule has 43 heavy (non-hydrogen) atoms. The van der Waals surface area contributed by atoms with Crippen molar-refractivity contribution >= 4 is 38.2 Å². The molecule has 6 aromatic rings. The molecule has 0 spiro atoms. The van der Waals surface area contributed by atoms with E-state index >= 15 is 0 Å². The van der Waals surface area contributed by atoms with Crippen molar-refractivity contribution in [1.29, 1.82) is 5.26 Å². The second-order valence-corrected chi connectivity index (χ2v) is 12.7. The first-order chi connectivity index (χ1) is 20.6. The van der Waals surface area contributed by atoms with E-state index in [0.29, 0.717) is 43.6 Å². The Bertz CT molecular complexity index is 2230. The van der Waals surface area contributed by atoms with Gasteiger partial charge in [-0.05, 0) is 78.9 Å². The maximum Gasteiger partial charge on any atom is 0.354 e. The molecule has 0 aliphatic carbocycles. The Morgan fingerprint density at radius 3 is 2.42 bits per heavy atom. The lowest BCUT2D eigenvalue weighted by Gasteiger charge is -2.15. The molecule has 0 aliphatic rings. The van der Waals surface area contributed by atoms with Gasteiger partial charge < -0.3 is 5.11 Å². The van der Waals surface area contributed by atoms with Gasteiger partial charge in [-0.3, -0.25) is 0 Å². The number of benzene rings is 3. The van der Waals surface area contributed by atoms with Gasteiger partial charge in [0.15, 0.2) is 0 Å². The number of fused-ring (bicyclic) bond motifs is 1. The quantitative estimate of drug-likeness (QED) is 0.208. The number of carboxylic acids is 1. The monoisotopic (exact) mass is 607 g/mol. The Hall–Kier alpha value is -5.11. The van der Waals surface area contributed by atoms with E-state index in [-0.39, 0.29) is 21.8 Å². The van der Waals surface area contributed by atoms with E-state index in [0.717, 1.165) is 5.56 Å². The number of aromatic nitrogens is 2. The number of aromatic carboxylic acids is 1. The molecule has 0 aliphatic heterocycles. The van der Waals surface area contributed by atoms with Crippen LogP contribution in [-0.4, -0.2) is 28.5 Å². The predicted molar refractivity (Wildman–Crippen MR) is 164 cm³/mol. The smallest absolute Gasteiger partial charge is 0.354 e. The van der Waals surface area contributed by atoms with Crippen molar-refractivity contribution < 1.29 is 22.7 Å². The molecule has 3 heterocycles. The number of nitrogens with zero attached hydrogens (tertiary/aromatic N) is 3. The minimum atomic E-state index is -4.23. The van der Waals surface area contributed by atoms with Crippen LogP contribution in [0.1, 0.15) is 26.5 Å². The highest BCUT2D eigenvalue weighted by Gasteiger charge is 2.30. The van der Waals surface area contributed by atoms with Gasteiger partial charge in [-0.2, -0.15) is 5.26 Å². The summed E-state index contributed by atoms with van der Waals surface area (Å²) in [6, 6.07) is 22.9. The highest BCUT2D eigenvalue weighted by Crippen LogP contribution is 2.45. The minimum absolute atomic E-state index is 0.0541. The minimum Gasteiger partial charge on any atom is -0.477 e. The Morgan fingerprint density at radius 1 is 0.977 bits per heavy atom. The van der Waals surface area contributed by atoms with Crippen LogP contribution in [0, 0.1) is 31.0 Å². The van der Waals surface area contributed by atoms with E-state index in [9.17, 15) is 28.0 Å². The van der Waals surface area contributed by atoms with Crippen molar-refractivity contribution in [1.82, 2.24) is 8.96 Å². The molecule has 1 N–H and O–H groups in total. The van der Waals surface area contributed by atoms with Crippen LogP contribution < -0.4 is 0 Å². The summed E-state index contributed by atoms with van der Waals surface area (Å²) in [6.07, 6.45) is 1.47. The SMILES string of the molecule is Cc1ccc(S(=O)(=O)n2c(-c3cccc(-c4cnc(C(=O)O)cc4C)c3)c(-c3ccsc3C#N)c3cc(F)ccc32)cc1. The van der Waals surface area contributed by atoms with Gasteiger partial charge in [-0.1, -0.05) is 35.9 Å². The average molecular weight is 608 g/mol. The van der Waals surface area contributed by atoms with Crippen molar-refractivity contribution in [2.24, 2.45) is 0 Å². The number of carboxylic acid groups (broad SMARTS) is 1. The lowest BCUT2D eigenvalue weighted by molar-refractivity contribution is 0.0690. The first-order valence-electron chi connectivity index (χ1n) is 13.0. The molecule has 0 amide bonds. The topological polar surface area (TPSA) is 113 Å². The fraction of sp³-hybridized carbons (Fsp3) is 0.0606. The van der Waals surface area contributed by atoms with Gasteiger partial charge in [0.1, 0.15) is 22.5 Å². The van der Waals surface area contributed by atoms with Gasteiger partial charge in [-0.25, -0.2) is 26.6 Å². The van der Waals surface area contributed by atoms with Gasteiger partial charge in [0.25, 0.3) is 10.0 Å². The van der Waals surface area contributed by atoms with Crippen LogP contribution in [0.4, 0.5) is 4.39 Å². The van der Waals surface area contributed by atoms with Gasteiger partial charge >= 0.3 is 5.97 Å². The lowest BCUT2D eigenvalue weighted by atomic mass is 9.95. The number of nitriles is 1. The highest BCUT2D eigenvalue weighted by molar-refractivity contribution is 7.90. The van der Waals surface area contributed by atoms with E-state index in [4.69, 9.17) is 0 Å². The number of pyridine rings is 1. The zero-order valence-corrected chi connectivity index (χ0v) is 24.5. The zero-order chi connectivity index (χ0) is 30.5. The van der Waals surface area contributed by atoms with E-state index in [1.807, 2.05) is 13.0 Å². The summed E-state index contributed by atoms with van der Waals surface area (Å²) in [5.74, 6) is -1.69. The first kappa shape index (κ1) is 28.0. The van der Waals surface area contributed by atoms with Gasteiger partial charge in [-0.15, -0.1) is 11.3 Å². The normalized spacial score (nSPS) is 11.5. The van der Waals surface area contributed by atoms with Crippen molar-refractivity contribution in [3.05, 3.63) is 118 Å². The fourth-order valence-corrected chi connectivity index (χ4v) is 7.47. The van der Waals surface area contributed by atoms with Crippen LogP contribution in [0.3, 0.4) is 0 Å². The highest BCUT2D eigenvalue weighted by atomic mass is 32.2. The standard InChI is InChI=1S/C33H22FN3O4S2/c1-19-6-9-24(10-7-19)43(40,41)37-29-11-8-23(34)16-26(29)31(25-12-13-42-30(25)17-35)32(37)22-5-3-4-21(15-22)27-18-36-28(33(38)39)14-20(27)2/h3-16,18H,1-2H3,(H,38,39). The summed E-state index contributed by atoms with van der Waals surface area (Å²) >= 11 is 1.21. The summed E-state index contributed by atoms with van der Waals surface area (Å²) in [5, 5.41) is 21.4. The van der Waals surface area contributed by atoms with Crippen LogP contribution in [0.15, 0.2) is 95.3 Å². The van der Waals surface area contributed by atoms with E-state index in [2.05, 4.69) is 11.1 Å². The van der Waals surface area contributed by atoms with Crippen LogP contribution in [-0.2, 0) is 10.0 Å². The molecule has 3 aromatic heterocycles. The molecule has 0 atom stereocenters. The third kappa shape index (κ3) is 4.78. The summed E-state index contributed by atoms with van der Waals surface area (Å²) < 4.78 is 44.9. The maximum atomic E-state index is 14.8. The number of hydrogen-bond donors (Lipinski definition) is 1. The van der Waals surface area contributed by atoms with Crippen molar-refractivity contribution in [3.63, 3.8) is 0 Å². The fourth-order valence-electron chi connectivity index (χ4n) is 5.24. The summed E-state index contributed by atoms with van der Waals surface area (Å²) in [7, 11) is -4.23. The van der Waals surface area contributed by atoms with Crippen molar-refractivity contribution in [2.75, 3.05) is 0 Å². The molecule has 3 aromatic carbocycles. The van der Waals surface area contributed by atoms with Crippen LogP contribution in [0.2, 0.25) is 0 Å². The largest absolute Gasteiger partial charge is 0.477 e. The maximum absolute atomic E-state index is 14.8. The molecule has 6 rings (SSSR count). The molecule has 0 saturated carbocycles. The number of rotatable bonds is 6. The Morgan fingerprint density at radius 2 is 1.72 bits per heavy atom. The van der Waals surface area contributed by atoms with Gasteiger partial charge in [0, 0.05) is 33.8 Å². The Kier molecular flexibility index (Phi) is 6.92. The Balaban J connectivity index is 1.72. The number of thiophene rings is 1. The molecular weight excluding hydrogens is 586 g/mol. The van der Waals surface area contributed by atoms with Crippen molar-refractivity contribution in [3.8, 4) is 39.6 Å². The molecule has 0 fully saturated rings. The molecule has 0 radical (unpaired) electrons. The molecule has 0 saturated heterocycles. The van der Waals surface area contributed by atoms with E-state index in [1.54, 1.807) is 48.7 Å². The summed E-state index contributed by atoms with van der Waals surface area (Å²) in [5.41, 5.74) is 4.74. The predicted octanol–water partition coefficient (Wildman–Crippen LogP) is 7.66. The third-order valence-electron chi connectivity index (χ3n) is 7.26. The first-order valence-corrected chi connectivity index (χ1v) is 15.4. The molecule has 0 bridgehead atoms. The summed E-state index contributed by atoms with van der Waals surface area (Å²) in [4.78, 5) is 15.9. The van der Waals surface area contributed by atoms with E-state index < -0.39 is 21.8 Å². The number of aryl methyl sites for hydroxylation is 2. The number of halogens is 1. The zero-order valence-electron chi connectivity index (χ0n) is 22.9.